The SMILES string of the molecule is COCCc1cc2c(cc1[N+](=O)[O-])[N]C(=O)N2. The van der Waals surface area contributed by atoms with Gasteiger partial charge in [0.1, 0.15) is 0 Å². The number of nitro benzene ring substituents is 1. The van der Waals surface area contributed by atoms with Crippen molar-refractivity contribution in [3.8, 4) is 0 Å². The van der Waals surface area contributed by atoms with Gasteiger partial charge in [-0.3, -0.25) is 10.1 Å². The Bertz CT molecular complexity index is 487. The highest BCUT2D eigenvalue weighted by Gasteiger charge is 2.25. The molecule has 0 fully saturated rings. The minimum absolute atomic E-state index is 0.0407. The van der Waals surface area contributed by atoms with E-state index in [0.717, 1.165) is 0 Å². The lowest BCUT2D eigenvalue weighted by atomic mass is 10.1. The van der Waals surface area contributed by atoms with E-state index in [1.165, 1.54) is 13.2 Å². The molecule has 0 spiro atoms. The fourth-order valence-electron chi connectivity index (χ4n) is 1.65. The Hall–Kier alpha value is -2.15. The van der Waals surface area contributed by atoms with Crippen molar-refractivity contribution in [2.45, 2.75) is 6.42 Å². The molecule has 17 heavy (non-hydrogen) atoms. The fraction of sp³-hybridized carbons (Fsp3) is 0.300. The smallest absolute Gasteiger partial charge is 0.346 e. The molecule has 2 amide bonds. The van der Waals surface area contributed by atoms with Gasteiger partial charge in [0.2, 0.25) is 0 Å². The molecule has 1 heterocycles. The number of nitrogens with one attached hydrogen (secondary N) is 1. The first-order valence-electron chi connectivity index (χ1n) is 4.95. The van der Waals surface area contributed by atoms with Gasteiger partial charge in [0.15, 0.2) is 0 Å². The maximum absolute atomic E-state index is 11.0. The van der Waals surface area contributed by atoms with Gasteiger partial charge in [-0.2, -0.15) is 5.32 Å². The van der Waals surface area contributed by atoms with Crippen LogP contribution in [0.4, 0.5) is 21.9 Å². The Morgan fingerprint density at radius 2 is 2.29 bits per heavy atom. The van der Waals surface area contributed by atoms with Crippen LogP contribution in [0.15, 0.2) is 12.1 Å². The minimum Gasteiger partial charge on any atom is -0.384 e. The quantitative estimate of drug-likeness (QED) is 0.633. The van der Waals surface area contributed by atoms with E-state index in [9.17, 15) is 14.9 Å². The van der Waals surface area contributed by atoms with Gasteiger partial charge in [0.05, 0.1) is 22.9 Å². The number of rotatable bonds is 4. The Balaban J connectivity index is 2.40. The zero-order valence-corrected chi connectivity index (χ0v) is 9.10. The van der Waals surface area contributed by atoms with Crippen LogP contribution >= 0.6 is 0 Å². The number of nitro groups is 1. The molecule has 1 aliphatic heterocycles. The summed E-state index contributed by atoms with van der Waals surface area (Å²) in [5, 5.41) is 17.0. The highest BCUT2D eigenvalue weighted by atomic mass is 16.6. The first kappa shape index (κ1) is 11.3. The van der Waals surface area contributed by atoms with Gasteiger partial charge in [0, 0.05) is 25.2 Å². The molecule has 0 aromatic heterocycles. The van der Waals surface area contributed by atoms with E-state index >= 15 is 0 Å². The predicted octanol–water partition coefficient (Wildman–Crippen LogP) is 1.57. The average Bonchev–Trinajstić information content (AvgIpc) is 2.63. The van der Waals surface area contributed by atoms with Gasteiger partial charge in [-0.15, -0.1) is 0 Å². The maximum atomic E-state index is 11.0. The third kappa shape index (κ3) is 2.18. The number of hydrogen-bond acceptors (Lipinski definition) is 4. The first-order chi connectivity index (χ1) is 8.11. The van der Waals surface area contributed by atoms with E-state index in [4.69, 9.17) is 4.74 Å². The molecule has 1 aromatic carbocycles. The number of carbonyl (C=O) groups excluding carboxylic acids is 1. The van der Waals surface area contributed by atoms with Gasteiger partial charge in [0.25, 0.3) is 5.69 Å². The van der Waals surface area contributed by atoms with Crippen molar-refractivity contribution in [2.24, 2.45) is 0 Å². The van der Waals surface area contributed by atoms with Crippen molar-refractivity contribution in [3.63, 3.8) is 0 Å². The monoisotopic (exact) mass is 236 g/mol. The molecule has 89 valence electrons. The number of anilines is 1. The summed E-state index contributed by atoms with van der Waals surface area (Å²) in [6, 6.07) is 2.37. The van der Waals surface area contributed by atoms with Crippen LogP contribution in [-0.4, -0.2) is 24.7 Å². The van der Waals surface area contributed by atoms with Crippen LogP contribution in [0, 0.1) is 10.1 Å². The highest BCUT2D eigenvalue weighted by molar-refractivity contribution is 6.02. The standard InChI is InChI=1S/C10H10N3O4/c1-17-3-2-6-4-7-8(12-10(14)11-7)5-9(6)13(15)16/h4-5H,2-3H2,1H3,(H,11,14). The van der Waals surface area contributed by atoms with Gasteiger partial charge in [-0.1, -0.05) is 0 Å². The number of fused-ring (bicyclic) bond motifs is 1. The largest absolute Gasteiger partial charge is 0.384 e. The lowest BCUT2D eigenvalue weighted by molar-refractivity contribution is -0.385. The second-order valence-corrected chi connectivity index (χ2v) is 3.54. The molecule has 7 nitrogen and oxygen atoms in total. The normalized spacial score (nSPS) is 12.9. The number of carbonyl (C=O) groups is 1. The van der Waals surface area contributed by atoms with Crippen LogP contribution < -0.4 is 10.6 Å². The Morgan fingerprint density at radius 3 is 2.94 bits per heavy atom. The zero-order valence-electron chi connectivity index (χ0n) is 9.10. The molecule has 7 heteroatoms. The number of ether oxygens (including phenoxy) is 1. The number of nitrogens with zero attached hydrogens (tertiary/aromatic N) is 2. The molecule has 0 atom stereocenters. The van der Waals surface area contributed by atoms with Crippen LogP contribution in [0.25, 0.3) is 0 Å². The minimum atomic E-state index is -0.502. The number of methoxy groups -OCH3 is 1. The molecular weight excluding hydrogens is 226 g/mol. The Labute approximate surface area is 96.9 Å². The summed E-state index contributed by atoms with van der Waals surface area (Å²) < 4.78 is 4.89. The van der Waals surface area contributed by atoms with E-state index < -0.39 is 11.0 Å². The van der Waals surface area contributed by atoms with E-state index in [0.29, 0.717) is 30.0 Å². The van der Waals surface area contributed by atoms with Gasteiger partial charge >= 0.3 is 6.03 Å². The maximum Gasteiger partial charge on any atom is 0.346 e. The Morgan fingerprint density at radius 1 is 1.53 bits per heavy atom. The molecule has 2 rings (SSSR count). The van der Waals surface area contributed by atoms with Crippen molar-refractivity contribution >= 4 is 23.1 Å². The molecule has 1 radical (unpaired) electrons. The van der Waals surface area contributed by atoms with Crippen LogP contribution in [0.5, 0.6) is 0 Å². The summed E-state index contributed by atoms with van der Waals surface area (Å²) in [6.45, 7) is 0.380. The molecule has 0 aliphatic carbocycles. The molecule has 0 bridgehead atoms. The third-order valence-corrected chi connectivity index (χ3v) is 2.43. The van der Waals surface area contributed by atoms with Crippen LogP contribution in [-0.2, 0) is 11.2 Å². The van der Waals surface area contributed by atoms with Gasteiger partial charge in [-0.05, 0) is 6.07 Å². The summed E-state index contributed by atoms with van der Waals surface area (Å²) >= 11 is 0. The Kier molecular flexibility index (Phi) is 2.92. The molecule has 0 saturated carbocycles. The fourth-order valence-corrected chi connectivity index (χ4v) is 1.65. The van der Waals surface area contributed by atoms with Crippen molar-refractivity contribution in [3.05, 3.63) is 27.8 Å². The van der Waals surface area contributed by atoms with Crippen LogP contribution in [0.2, 0.25) is 0 Å². The van der Waals surface area contributed by atoms with Crippen molar-refractivity contribution in [2.75, 3.05) is 19.0 Å². The van der Waals surface area contributed by atoms with E-state index in [2.05, 4.69) is 10.6 Å². The van der Waals surface area contributed by atoms with Crippen molar-refractivity contribution in [1.82, 2.24) is 5.32 Å². The third-order valence-electron chi connectivity index (χ3n) is 2.43. The molecule has 0 unspecified atom stereocenters. The lowest BCUT2D eigenvalue weighted by Crippen LogP contribution is -2.08. The van der Waals surface area contributed by atoms with Crippen molar-refractivity contribution in [1.29, 1.82) is 0 Å². The average molecular weight is 236 g/mol. The predicted molar refractivity (Wildman–Crippen MR) is 59.5 cm³/mol. The van der Waals surface area contributed by atoms with Gasteiger partial charge < -0.3 is 10.1 Å². The topological polar surface area (TPSA) is 95.6 Å². The summed E-state index contributed by atoms with van der Waals surface area (Å²) in [4.78, 5) is 21.4. The number of urea groups is 1. The lowest BCUT2D eigenvalue weighted by Gasteiger charge is -2.04. The number of benzene rings is 1. The molecule has 1 aromatic rings. The van der Waals surface area contributed by atoms with E-state index in [1.807, 2.05) is 0 Å². The van der Waals surface area contributed by atoms with Crippen LogP contribution in [0.3, 0.4) is 0 Å². The molecular formula is C10H10N3O4. The second-order valence-electron chi connectivity index (χ2n) is 3.54. The first-order valence-corrected chi connectivity index (χ1v) is 4.95. The summed E-state index contributed by atoms with van der Waals surface area (Å²) in [5.41, 5.74) is 1.30. The summed E-state index contributed by atoms with van der Waals surface area (Å²) in [6.07, 6.45) is 0.413. The number of hydrogen-bond donors (Lipinski definition) is 1. The molecule has 0 saturated heterocycles. The van der Waals surface area contributed by atoms with Gasteiger partial charge in [-0.25, -0.2) is 4.79 Å². The van der Waals surface area contributed by atoms with E-state index in [1.54, 1.807) is 6.07 Å². The number of amides is 2. The highest BCUT2D eigenvalue weighted by Crippen LogP contribution is 2.34. The molecule has 1 aliphatic rings. The van der Waals surface area contributed by atoms with E-state index in [-0.39, 0.29) is 5.69 Å². The summed E-state index contributed by atoms with van der Waals surface area (Å²) in [7, 11) is 1.52. The summed E-state index contributed by atoms with van der Waals surface area (Å²) in [5.74, 6) is 0. The second kappa shape index (κ2) is 4.38. The molecule has 1 N–H and O–H groups in total. The van der Waals surface area contributed by atoms with Crippen molar-refractivity contribution < 1.29 is 14.5 Å². The van der Waals surface area contributed by atoms with Crippen LogP contribution in [0.1, 0.15) is 5.56 Å². The zero-order chi connectivity index (χ0) is 12.4.